The fraction of sp³-hybridized carbons (Fsp3) is 0.300. The number of carboxylic acid groups (broad SMARTS) is 1. The van der Waals surface area contributed by atoms with Gasteiger partial charge in [-0.15, -0.1) is 0 Å². The van der Waals surface area contributed by atoms with Crippen molar-refractivity contribution < 1.29 is 19.1 Å². The molecule has 0 aromatic heterocycles. The van der Waals surface area contributed by atoms with E-state index < -0.39 is 23.8 Å². The maximum Gasteiger partial charge on any atom is 0.308 e. The Morgan fingerprint density at radius 3 is 2.24 bits per heavy atom. The zero-order valence-corrected chi connectivity index (χ0v) is 14.3. The molecule has 0 saturated carbocycles. The van der Waals surface area contributed by atoms with Crippen LogP contribution in [0.4, 0.5) is 4.39 Å². The number of nitrogens with one attached hydrogen (secondary N) is 1. The average Bonchev–Trinajstić information content (AvgIpc) is 2.61. The molecule has 2 rings (SSSR count). The highest BCUT2D eigenvalue weighted by Crippen LogP contribution is 2.23. The number of amides is 1. The predicted molar refractivity (Wildman–Crippen MR) is 93.4 cm³/mol. The van der Waals surface area contributed by atoms with Crippen LogP contribution in [0.5, 0.6) is 0 Å². The molecule has 0 aliphatic carbocycles. The van der Waals surface area contributed by atoms with Crippen molar-refractivity contribution in [2.75, 3.05) is 0 Å². The van der Waals surface area contributed by atoms with Gasteiger partial charge in [-0.25, -0.2) is 4.39 Å². The van der Waals surface area contributed by atoms with Gasteiger partial charge in [-0.1, -0.05) is 55.5 Å². The Morgan fingerprint density at radius 2 is 1.64 bits per heavy atom. The highest BCUT2D eigenvalue weighted by molar-refractivity contribution is 5.80. The summed E-state index contributed by atoms with van der Waals surface area (Å²) in [5.41, 5.74) is 1.19. The van der Waals surface area contributed by atoms with Crippen molar-refractivity contribution in [3.8, 4) is 0 Å². The van der Waals surface area contributed by atoms with Crippen molar-refractivity contribution in [1.29, 1.82) is 0 Å². The highest BCUT2D eigenvalue weighted by Gasteiger charge is 2.28. The third-order valence-electron chi connectivity index (χ3n) is 4.28. The highest BCUT2D eigenvalue weighted by atomic mass is 19.1. The van der Waals surface area contributed by atoms with E-state index in [1.165, 1.54) is 6.07 Å². The fourth-order valence-electron chi connectivity index (χ4n) is 2.68. The van der Waals surface area contributed by atoms with Crippen LogP contribution in [0.2, 0.25) is 0 Å². The van der Waals surface area contributed by atoms with E-state index in [-0.39, 0.29) is 18.1 Å². The van der Waals surface area contributed by atoms with Gasteiger partial charge in [0.25, 0.3) is 0 Å². The van der Waals surface area contributed by atoms with Crippen molar-refractivity contribution in [3.05, 3.63) is 71.5 Å². The van der Waals surface area contributed by atoms with Gasteiger partial charge in [0.15, 0.2) is 0 Å². The number of halogens is 1. The first-order chi connectivity index (χ1) is 11.9. The third-order valence-corrected chi connectivity index (χ3v) is 4.28. The van der Waals surface area contributed by atoms with Gasteiger partial charge in [-0.05, 0) is 30.5 Å². The van der Waals surface area contributed by atoms with E-state index in [0.29, 0.717) is 5.56 Å². The second-order valence-electron chi connectivity index (χ2n) is 6.22. The molecule has 0 aliphatic heterocycles. The molecule has 1 amide bonds. The molecule has 3 unspecified atom stereocenters. The number of rotatable bonds is 7. The molecule has 3 atom stereocenters. The van der Waals surface area contributed by atoms with Crippen LogP contribution >= 0.6 is 0 Å². The first-order valence-electron chi connectivity index (χ1n) is 8.21. The minimum Gasteiger partial charge on any atom is -0.481 e. The lowest BCUT2D eigenvalue weighted by molar-refractivity contribution is -0.142. The molecule has 5 heteroatoms. The van der Waals surface area contributed by atoms with Gasteiger partial charge in [0.1, 0.15) is 5.82 Å². The summed E-state index contributed by atoms with van der Waals surface area (Å²) in [7, 11) is 0. The Labute approximate surface area is 146 Å². The smallest absolute Gasteiger partial charge is 0.308 e. The van der Waals surface area contributed by atoms with E-state index in [1.54, 1.807) is 56.3 Å². The van der Waals surface area contributed by atoms with E-state index in [1.807, 2.05) is 6.07 Å². The quantitative estimate of drug-likeness (QED) is 0.807. The van der Waals surface area contributed by atoms with Crippen LogP contribution in [0.3, 0.4) is 0 Å². The summed E-state index contributed by atoms with van der Waals surface area (Å²) in [6, 6.07) is 14.7. The fourth-order valence-corrected chi connectivity index (χ4v) is 2.68. The molecule has 2 N–H and O–H groups in total. The van der Waals surface area contributed by atoms with E-state index in [4.69, 9.17) is 0 Å². The van der Waals surface area contributed by atoms with Crippen molar-refractivity contribution in [2.45, 2.75) is 26.3 Å². The van der Waals surface area contributed by atoms with Crippen LogP contribution in [-0.4, -0.2) is 17.0 Å². The lowest BCUT2D eigenvalue weighted by atomic mass is 9.93. The molecule has 0 spiro atoms. The van der Waals surface area contributed by atoms with Crippen LogP contribution < -0.4 is 5.32 Å². The number of carbonyl (C=O) groups excluding carboxylic acids is 1. The summed E-state index contributed by atoms with van der Waals surface area (Å²) < 4.78 is 13.8. The third kappa shape index (κ3) is 4.89. The topological polar surface area (TPSA) is 66.4 Å². The van der Waals surface area contributed by atoms with Crippen molar-refractivity contribution in [3.63, 3.8) is 0 Å². The van der Waals surface area contributed by atoms with Crippen LogP contribution in [0.25, 0.3) is 0 Å². The molecular weight excluding hydrogens is 321 g/mol. The minimum atomic E-state index is -0.990. The van der Waals surface area contributed by atoms with E-state index >= 15 is 0 Å². The normalized spacial score (nSPS) is 14.4. The van der Waals surface area contributed by atoms with Gasteiger partial charge in [-0.2, -0.15) is 0 Å². The Morgan fingerprint density at radius 1 is 1.04 bits per heavy atom. The summed E-state index contributed by atoms with van der Waals surface area (Å²) >= 11 is 0. The zero-order chi connectivity index (χ0) is 18.4. The van der Waals surface area contributed by atoms with Crippen molar-refractivity contribution >= 4 is 11.9 Å². The number of hydrogen-bond acceptors (Lipinski definition) is 2. The first-order valence-corrected chi connectivity index (χ1v) is 8.21. The average molecular weight is 343 g/mol. The molecule has 0 saturated heterocycles. The van der Waals surface area contributed by atoms with E-state index in [2.05, 4.69) is 5.32 Å². The molecule has 2 aromatic rings. The van der Waals surface area contributed by atoms with Gasteiger partial charge >= 0.3 is 5.97 Å². The predicted octanol–water partition coefficient (Wildman–Crippen LogP) is 3.58. The maximum absolute atomic E-state index is 13.8. The molecule has 132 valence electrons. The number of carboxylic acids is 1. The number of aliphatic carboxylic acids is 1. The van der Waals surface area contributed by atoms with Crippen molar-refractivity contribution in [2.24, 2.45) is 11.8 Å². The van der Waals surface area contributed by atoms with Gasteiger partial charge in [0.05, 0.1) is 12.0 Å². The monoisotopic (exact) mass is 343 g/mol. The maximum atomic E-state index is 13.8. The summed E-state index contributed by atoms with van der Waals surface area (Å²) in [6.45, 7) is 3.26. The zero-order valence-electron chi connectivity index (χ0n) is 14.3. The standard InChI is InChI=1S/C20H22FNO3/c1-13(12-16-10-6-7-11-17(16)21)19(23)22-18(14(2)20(24)25)15-8-4-3-5-9-15/h3-11,13-14,18H,12H2,1-2H3,(H,22,23)(H,24,25). The van der Waals surface area contributed by atoms with Gasteiger partial charge in [0, 0.05) is 5.92 Å². The molecule has 2 aromatic carbocycles. The van der Waals surface area contributed by atoms with E-state index in [0.717, 1.165) is 5.56 Å². The molecule has 0 heterocycles. The van der Waals surface area contributed by atoms with Gasteiger partial charge < -0.3 is 10.4 Å². The lowest BCUT2D eigenvalue weighted by Gasteiger charge is -2.25. The van der Waals surface area contributed by atoms with Gasteiger partial charge in [0.2, 0.25) is 5.91 Å². The molecule has 4 nitrogen and oxygen atoms in total. The second kappa shape index (κ2) is 8.42. The molecule has 0 bridgehead atoms. The van der Waals surface area contributed by atoms with Crippen LogP contribution in [0, 0.1) is 17.7 Å². The number of benzene rings is 2. The number of carbonyl (C=O) groups is 2. The molecular formula is C20H22FNO3. The largest absolute Gasteiger partial charge is 0.481 e. The van der Waals surface area contributed by atoms with Gasteiger partial charge in [-0.3, -0.25) is 9.59 Å². The summed E-state index contributed by atoms with van der Waals surface area (Å²) in [4.78, 5) is 23.9. The summed E-state index contributed by atoms with van der Waals surface area (Å²) in [6.07, 6.45) is 0.251. The Bertz CT molecular complexity index is 733. The van der Waals surface area contributed by atoms with Crippen LogP contribution in [0.15, 0.2) is 54.6 Å². The molecule has 25 heavy (non-hydrogen) atoms. The Balaban J connectivity index is 2.13. The molecule has 0 fully saturated rings. The first kappa shape index (κ1) is 18.6. The Kier molecular flexibility index (Phi) is 6.28. The molecule has 0 aliphatic rings. The Hall–Kier alpha value is -2.69. The van der Waals surface area contributed by atoms with Crippen molar-refractivity contribution in [1.82, 2.24) is 5.32 Å². The summed E-state index contributed by atoms with van der Waals surface area (Å²) in [5.74, 6) is -2.90. The second-order valence-corrected chi connectivity index (χ2v) is 6.22. The SMILES string of the molecule is CC(Cc1ccccc1F)C(=O)NC(c1ccccc1)C(C)C(=O)O. The summed E-state index contributed by atoms with van der Waals surface area (Å²) in [5, 5.41) is 12.1. The number of hydrogen-bond donors (Lipinski definition) is 2. The lowest BCUT2D eigenvalue weighted by Crippen LogP contribution is -2.38. The van der Waals surface area contributed by atoms with E-state index in [9.17, 15) is 19.1 Å². The van der Waals surface area contributed by atoms with Crippen LogP contribution in [-0.2, 0) is 16.0 Å². The minimum absolute atomic E-state index is 0.251. The molecule has 0 radical (unpaired) electrons. The van der Waals surface area contributed by atoms with Crippen LogP contribution in [0.1, 0.15) is 31.0 Å².